The summed E-state index contributed by atoms with van der Waals surface area (Å²) in [6.45, 7) is 1.86. The fourth-order valence-electron chi connectivity index (χ4n) is 1.26. The molecular formula is C11H19N3O. The SMILES string of the molecule is COC(NCCN(C)C)c1ccccn1. The van der Waals surface area contributed by atoms with Crippen LogP contribution in [0.3, 0.4) is 0 Å². The van der Waals surface area contributed by atoms with Gasteiger partial charge in [-0.15, -0.1) is 0 Å². The van der Waals surface area contributed by atoms with Gasteiger partial charge >= 0.3 is 0 Å². The van der Waals surface area contributed by atoms with Crippen molar-refractivity contribution in [3.05, 3.63) is 30.1 Å². The minimum atomic E-state index is -0.119. The third kappa shape index (κ3) is 4.38. The molecule has 1 heterocycles. The van der Waals surface area contributed by atoms with Gasteiger partial charge in [0.25, 0.3) is 0 Å². The van der Waals surface area contributed by atoms with Gasteiger partial charge in [0, 0.05) is 26.4 Å². The number of pyridine rings is 1. The van der Waals surface area contributed by atoms with E-state index in [1.54, 1.807) is 13.3 Å². The molecule has 1 unspecified atom stereocenters. The quantitative estimate of drug-likeness (QED) is 0.706. The number of methoxy groups -OCH3 is 1. The number of aromatic nitrogens is 1. The third-order valence-corrected chi connectivity index (χ3v) is 2.08. The average Bonchev–Trinajstić information content (AvgIpc) is 2.25. The van der Waals surface area contributed by atoms with Crippen LogP contribution < -0.4 is 5.32 Å². The molecule has 4 heteroatoms. The maximum Gasteiger partial charge on any atom is 0.150 e. The van der Waals surface area contributed by atoms with Gasteiger partial charge in [-0.1, -0.05) is 6.07 Å². The van der Waals surface area contributed by atoms with Gasteiger partial charge in [0.1, 0.15) is 0 Å². The number of hydrogen-bond donors (Lipinski definition) is 1. The molecule has 1 N–H and O–H groups in total. The second-order valence-electron chi connectivity index (χ2n) is 3.63. The fourth-order valence-corrected chi connectivity index (χ4v) is 1.26. The molecule has 15 heavy (non-hydrogen) atoms. The van der Waals surface area contributed by atoms with E-state index >= 15 is 0 Å². The third-order valence-electron chi connectivity index (χ3n) is 2.08. The summed E-state index contributed by atoms with van der Waals surface area (Å²) >= 11 is 0. The van der Waals surface area contributed by atoms with E-state index in [-0.39, 0.29) is 6.23 Å². The van der Waals surface area contributed by atoms with E-state index in [0.717, 1.165) is 18.8 Å². The first-order valence-electron chi connectivity index (χ1n) is 5.06. The molecule has 1 aromatic heterocycles. The van der Waals surface area contributed by atoms with Crippen molar-refractivity contribution in [1.29, 1.82) is 0 Å². The molecule has 0 fully saturated rings. The Kier molecular flexibility index (Phi) is 5.25. The van der Waals surface area contributed by atoms with Crippen molar-refractivity contribution in [2.45, 2.75) is 6.23 Å². The van der Waals surface area contributed by atoms with Gasteiger partial charge in [0.05, 0.1) is 5.69 Å². The lowest BCUT2D eigenvalue weighted by atomic mass is 10.3. The summed E-state index contributed by atoms with van der Waals surface area (Å²) in [6.07, 6.45) is 1.65. The molecule has 0 amide bonds. The van der Waals surface area contributed by atoms with Crippen LogP contribution in [0.1, 0.15) is 11.9 Å². The van der Waals surface area contributed by atoms with Crippen molar-refractivity contribution >= 4 is 0 Å². The van der Waals surface area contributed by atoms with Gasteiger partial charge < -0.3 is 9.64 Å². The highest BCUT2D eigenvalue weighted by Crippen LogP contribution is 2.08. The Balaban J connectivity index is 2.43. The van der Waals surface area contributed by atoms with Crippen molar-refractivity contribution in [2.75, 3.05) is 34.3 Å². The number of nitrogens with one attached hydrogen (secondary N) is 1. The van der Waals surface area contributed by atoms with E-state index in [2.05, 4.69) is 15.2 Å². The Morgan fingerprint density at radius 1 is 1.47 bits per heavy atom. The summed E-state index contributed by atoms with van der Waals surface area (Å²) in [4.78, 5) is 6.37. The van der Waals surface area contributed by atoms with Crippen molar-refractivity contribution < 1.29 is 4.74 Å². The fraction of sp³-hybridized carbons (Fsp3) is 0.545. The molecule has 84 valence electrons. The number of likely N-dealkylation sites (N-methyl/N-ethyl adjacent to an activating group) is 1. The molecule has 0 saturated carbocycles. The van der Waals surface area contributed by atoms with Gasteiger partial charge in [0.15, 0.2) is 6.23 Å². The largest absolute Gasteiger partial charge is 0.361 e. The van der Waals surface area contributed by atoms with E-state index in [9.17, 15) is 0 Å². The topological polar surface area (TPSA) is 37.4 Å². The van der Waals surface area contributed by atoms with E-state index in [4.69, 9.17) is 4.74 Å². The Morgan fingerprint density at radius 2 is 2.27 bits per heavy atom. The predicted octanol–water partition coefficient (Wildman–Crippen LogP) is 0.878. The Labute approximate surface area is 91.3 Å². The van der Waals surface area contributed by atoms with Gasteiger partial charge in [-0.2, -0.15) is 0 Å². The second kappa shape index (κ2) is 6.50. The highest BCUT2D eigenvalue weighted by molar-refractivity contribution is 5.06. The summed E-state index contributed by atoms with van der Waals surface area (Å²) in [7, 11) is 5.77. The normalized spacial score (nSPS) is 13.1. The second-order valence-corrected chi connectivity index (χ2v) is 3.63. The van der Waals surface area contributed by atoms with E-state index < -0.39 is 0 Å². The van der Waals surface area contributed by atoms with Gasteiger partial charge in [0.2, 0.25) is 0 Å². The average molecular weight is 209 g/mol. The molecule has 0 aliphatic heterocycles. The lowest BCUT2D eigenvalue weighted by molar-refractivity contribution is 0.0689. The molecule has 0 aliphatic carbocycles. The Bertz CT molecular complexity index is 264. The van der Waals surface area contributed by atoms with Crippen LogP contribution in [0.5, 0.6) is 0 Å². The van der Waals surface area contributed by atoms with Crippen molar-refractivity contribution in [2.24, 2.45) is 0 Å². The van der Waals surface area contributed by atoms with Crippen LogP contribution in [0, 0.1) is 0 Å². The summed E-state index contributed by atoms with van der Waals surface area (Å²) in [5, 5.41) is 3.29. The zero-order valence-electron chi connectivity index (χ0n) is 9.60. The highest BCUT2D eigenvalue weighted by Gasteiger charge is 2.09. The first kappa shape index (κ1) is 12.1. The molecule has 0 bridgehead atoms. The van der Waals surface area contributed by atoms with E-state index in [1.807, 2.05) is 32.3 Å². The smallest absolute Gasteiger partial charge is 0.150 e. The lowest BCUT2D eigenvalue weighted by Gasteiger charge is -2.18. The van der Waals surface area contributed by atoms with Crippen LogP contribution in [0.25, 0.3) is 0 Å². The van der Waals surface area contributed by atoms with E-state index in [1.165, 1.54) is 0 Å². The summed E-state index contributed by atoms with van der Waals surface area (Å²) < 4.78 is 5.33. The maximum absolute atomic E-state index is 5.33. The maximum atomic E-state index is 5.33. The zero-order chi connectivity index (χ0) is 11.1. The Hall–Kier alpha value is -0.970. The first-order valence-corrected chi connectivity index (χ1v) is 5.06. The van der Waals surface area contributed by atoms with Crippen molar-refractivity contribution in [3.8, 4) is 0 Å². The van der Waals surface area contributed by atoms with Crippen LogP contribution in [-0.4, -0.2) is 44.2 Å². The van der Waals surface area contributed by atoms with Crippen LogP contribution in [0.4, 0.5) is 0 Å². The van der Waals surface area contributed by atoms with Crippen LogP contribution in [0.15, 0.2) is 24.4 Å². The molecule has 0 aliphatic rings. The summed E-state index contributed by atoms with van der Waals surface area (Å²) in [6, 6.07) is 5.81. The minimum Gasteiger partial charge on any atom is -0.361 e. The van der Waals surface area contributed by atoms with E-state index in [0.29, 0.717) is 0 Å². The molecule has 1 rings (SSSR count). The predicted molar refractivity (Wildman–Crippen MR) is 60.5 cm³/mol. The van der Waals surface area contributed by atoms with Gasteiger partial charge in [-0.3, -0.25) is 10.3 Å². The van der Waals surface area contributed by atoms with Crippen LogP contribution in [0.2, 0.25) is 0 Å². The highest BCUT2D eigenvalue weighted by atomic mass is 16.5. The molecule has 4 nitrogen and oxygen atoms in total. The van der Waals surface area contributed by atoms with Crippen LogP contribution >= 0.6 is 0 Å². The standard InChI is InChI=1S/C11H19N3O/c1-14(2)9-8-13-11(15-3)10-6-4-5-7-12-10/h4-7,11,13H,8-9H2,1-3H3. The zero-order valence-corrected chi connectivity index (χ0v) is 9.60. The summed E-state index contributed by atoms with van der Waals surface area (Å²) in [5.74, 6) is 0. The molecule has 0 aromatic carbocycles. The lowest BCUT2D eigenvalue weighted by Crippen LogP contribution is -2.31. The molecule has 1 aromatic rings. The monoisotopic (exact) mass is 209 g/mol. The number of rotatable bonds is 6. The Morgan fingerprint density at radius 3 is 2.80 bits per heavy atom. The molecular weight excluding hydrogens is 190 g/mol. The molecule has 0 radical (unpaired) electrons. The number of ether oxygens (including phenoxy) is 1. The van der Waals surface area contributed by atoms with Gasteiger partial charge in [-0.25, -0.2) is 0 Å². The molecule has 1 atom stereocenters. The van der Waals surface area contributed by atoms with Crippen molar-refractivity contribution in [1.82, 2.24) is 15.2 Å². The molecule has 0 spiro atoms. The molecule has 0 saturated heterocycles. The first-order chi connectivity index (χ1) is 7.24. The minimum absolute atomic E-state index is 0.119. The number of hydrogen-bond acceptors (Lipinski definition) is 4. The van der Waals surface area contributed by atoms with Crippen LogP contribution in [-0.2, 0) is 4.74 Å². The van der Waals surface area contributed by atoms with Crippen molar-refractivity contribution in [3.63, 3.8) is 0 Å². The summed E-state index contributed by atoms with van der Waals surface area (Å²) in [5.41, 5.74) is 0.916. The number of nitrogens with zero attached hydrogens (tertiary/aromatic N) is 2. The van der Waals surface area contributed by atoms with Gasteiger partial charge in [-0.05, 0) is 26.2 Å².